The summed E-state index contributed by atoms with van der Waals surface area (Å²) in [6.07, 6.45) is 7.34. The third kappa shape index (κ3) is 5.33. The highest BCUT2D eigenvalue weighted by molar-refractivity contribution is 6.06. The van der Waals surface area contributed by atoms with Gasteiger partial charge in [0, 0.05) is 49.1 Å². The fraction of sp³-hybridized carbons (Fsp3) is 0.438. The van der Waals surface area contributed by atoms with Gasteiger partial charge in [-0.05, 0) is 76.4 Å². The van der Waals surface area contributed by atoms with E-state index in [2.05, 4.69) is 31.9 Å². The molecule has 0 bridgehead atoms. The molecule has 1 saturated carbocycles. The number of pyridine rings is 2. The number of Topliss-reactive ketones (excluding diaryl/α,β-unsaturated/α-hetero) is 2. The smallest absolute Gasteiger partial charge is 0.245 e. The van der Waals surface area contributed by atoms with Crippen molar-refractivity contribution in [3.05, 3.63) is 65.3 Å². The number of aromatic nitrogens is 6. The fourth-order valence-corrected chi connectivity index (χ4v) is 6.30. The summed E-state index contributed by atoms with van der Waals surface area (Å²) in [5, 5.41) is 5.21. The SMILES string of the molecule is CC(=O)c1nn(CC(=O)N2C3C[C@]3(C)C[C@H]2C(=O)c2cc(CCN(C)C)ccn2)c2c(C)nc(-c3cnc(C)nc3)cc12. The first-order chi connectivity index (χ1) is 20.4. The second-order valence-electron chi connectivity index (χ2n) is 12.4. The number of amides is 1. The Morgan fingerprint density at radius 2 is 1.81 bits per heavy atom. The van der Waals surface area contributed by atoms with Gasteiger partial charge in [-0.25, -0.2) is 9.97 Å². The van der Waals surface area contributed by atoms with Crippen LogP contribution in [-0.4, -0.2) is 89.7 Å². The molecule has 43 heavy (non-hydrogen) atoms. The van der Waals surface area contributed by atoms with Crippen molar-refractivity contribution in [2.75, 3.05) is 20.6 Å². The average molecular weight is 581 g/mol. The van der Waals surface area contributed by atoms with Crippen LogP contribution in [0.1, 0.15) is 64.7 Å². The molecule has 0 N–H and O–H groups in total. The lowest BCUT2D eigenvalue weighted by Gasteiger charge is -2.26. The first-order valence-corrected chi connectivity index (χ1v) is 14.6. The van der Waals surface area contributed by atoms with Crippen molar-refractivity contribution >= 4 is 28.4 Å². The Kier molecular flexibility index (Phi) is 7.16. The lowest BCUT2D eigenvalue weighted by Crippen LogP contribution is -2.45. The van der Waals surface area contributed by atoms with Crippen molar-refractivity contribution in [3.63, 3.8) is 0 Å². The van der Waals surface area contributed by atoms with Gasteiger partial charge in [-0.2, -0.15) is 5.10 Å². The first kappa shape index (κ1) is 28.7. The van der Waals surface area contributed by atoms with E-state index < -0.39 is 6.04 Å². The van der Waals surface area contributed by atoms with Crippen LogP contribution >= 0.6 is 0 Å². The maximum atomic E-state index is 14.0. The Bertz CT molecular complexity index is 1760. The van der Waals surface area contributed by atoms with Crippen LogP contribution < -0.4 is 0 Å². The van der Waals surface area contributed by atoms with Crippen molar-refractivity contribution in [2.45, 2.75) is 65.6 Å². The Hall–Kier alpha value is -4.38. The molecule has 3 atom stereocenters. The highest BCUT2D eigenvalue weighted by Gasteiger charge is 2.64. The van der Waals surface area contributed by atoms with Crippen LogP contribution in [0.15, 0.2) is 36.8 Å². The lowest BCUT2D eigenvalue weighted by atomic mass is 9.97. The summed E-state index contributed by atoms with van der Waals surface area (Å²) in [6.45, 7) is 7.99. The van der Waals surface area contributed by atoms with Crippen LogP contribution in [0.3, 0.4) is 0 Å². The summed E-state index contributed by atoms with van der Waals surface area (Å²) in [6, 6.07) is 4.99. The quantitative estimate of drug-likeness (QED) is 0.274. The topological polar surface area (TPSA) is 127 Å². The zero-order chi connectivity index (χ0) is 30.6. The van der Waals surface area contributed by atoms with E-state index in [0.717, 1.165) is 30.5 Å². The molecule has 11 nitrogen and oxygen atoms in total. The molecular formula is C32H36N8O3. The number of piperidine rings is 1. The number of hydrogen-bond donors (Lipinski definition) is 0. The average Bonchev–Trinajstić information content (AvgIpc) is 3.32. The molecule has 6 rings (SSSR count). The zero-order valence-corrected chi connectivity index (χ0v) is 25.5. The highest BCUT2D eigenvalue weighted by atomic mass is 16.2. The third-order valence-corrected chi connectivity index (χ3v) is 8.75. The number of likely N-dealkylation sites (N-methyl/N-ethyl adjacent to an activating group) is 1. The predicted octanol–water partition coefficient (Wildman–Crippen LogP) is 3.47. The molecule has 4 aromatic heterocycles. The zero-order valence-electron chi connectivity index (χ0n) is 25.5. The van der Waals surface area contributed by atoms with E-state index in [0.29, 0.717) is 40.2 Å². The maximum absolute atomic E-state index is 14.0. The molecule has 0 spiro atoms. The largest absolute Gasteiger partial charge is 0.327 e. The van der Waals surface area contributed by atoms with Gasteiger partial charge >= 0.3 is 0 Å². The summed E-state index contributed by atoms with van der Waals surface area (Å²) in [4.78, 5) is 62.0. The van der Waals surface area contributed by atoms with Crippen LogP contribution in [0.5, 0.6) is 0 Å². The van der Waals surface area contributed by atoms with E-state index in [9.17, 15) is 14.4 Å². The number of carbonyl (C=O) groups is 3. The van der Waals surface area contributed by atoms with Crippen molar-refractivity contribution in [2.24, 2.45) is 5.41 Å². The molecule has 11 heteroatoms. The fourth-order valence-electron chi connectivity index (χ4n) is 6.30. The second kappa shape index (κ2) is 10.7. The number of ketones is 2. The van der Waals surface area contributed by atoms with E-state index in [1.165, 1.54) is 6.92 Å². The molecule has 0 aromatic carbocycles. The predicted molar refractivity (Wildman–Crippen MR) is 161 cm³/mol. The summed E-state index contributed by atoms with van der Waals surface area (Å²) < 4.78 is 1.56. The van der Waals surface area contributed by atoms with E-state index in [-0.39, 0.29) is 41.2 Å². The van der Waals surface area contributed by atoms with Gasteiger partial charge in [0.05, 0.1) is 22.9 Å². The monoisotopic (exact) mass is 580 g/mol. The Labute approximate surface area is 250 Å². The molecule has 1 unspecified atom stereocenters. The molecule has 4 aromatic rings. The number of rotatable bonds is 9. The number of fused-ring (bicyclic) bond motifs is 2. The highest BCUT2D eigenvalue weighted by Crippen LogP contribution is 2.59. The third-order valence-electron chi connectivity index (χ3n) is 8.75. The van der Waals surface area contributed by atoms with Gasteiger partial charge in [0.2, 0.25) is 11.7 Å². The molecule has 2 fully saturated rings. The van der Waals surface area contributed by atoms with Crippen molar-refractivity contribution in [1.29, 1.82) is 0 Å². The van der Waals surface area contributed by atoms with E-state index in [4.69, 9.17) is 4.98 Å². The van der Waals surface area contributed by atoms with Gasteiger partial charge in [0.15, 0.2) is 5.78 Å². The van der Waals surface area contributed by atoms with Gasteiger partial charge in [0.1, 0.15) is 23.8 Å². The Morgan fingerprint density at radius 3 is 2.51 bits per heavy atom. The summed E-state index contributed by atoms with van der Waals surface area (Å²) >= 11 is 0. The first-order valence-electron chi connectivity index (χ1n) is 14.6. The molecule has 222 valence electrons. The normalized spacial score (nSPS) is 21.0. The van der Waals surface area contributed by atoms with Gasteiger partial charge in [-0.1, -0.05) is 6.92 Å². The van der Waals surface area contributed by atoms with E-state index in [1.807, 2.05) is 40.1 Å². The Balaban J connectivity index is 1.31. The van der Waals surface area contributed by atoms with Crippen LogP contribution in [-0.2, 0) is 17.8 Å². The van der Waals surface area contributed by atoms with E-state index in [1.54, 1.807) is 34.2 Å². The standard InChI is InChI=1S/C32H36N8O3/c1-18-30-23(12-24(36-18)22-15-34-20(3)35-16-22)29(19(2)41)37-39(30)17-28(42)40-26(13-32(4)14-27(32)40)31(43)25-11-21(7-9-33-25)8-10-38(5)6/h7,9,11-12,15-16,26-27H,8,10,13-14,17H2,1-6H3/t26-,27?,32-/m0/s1. The number of likely N-dealkylation sites (tertiary alicyclic amines) is 1. The molecule has 2 aliphatic rings. The summed E-state index contributed by atoms with van der Waals surface area (Å²) in [5.41, 5.74) is 4.20. The Morgan fingerprint density at radius 1 is 1.07 bits per heavy atom. The van der Waals surface area contributed by atoms with Crippen LogP contribution in [0.2, 0.25) is 0 Å². The van der Waals surface area contributed by atoms with Crippen molar-refractivity contribution < 1.29 is 14.4 Å². The van der Waals surface area contributed by atoms with Crippen LogP contribution in [0, 0.1) is 19.3 Å². The minimum absolute atomic E-state index is 0.00709. The molecule has 0 radical (unpaired) electrons. The molecule has 5 heterocycles. The van der Waals surface area contributed by atoms with Crippen molar-refractivity contribution in [1.82, 2.24) is 39.5 Å². The molecule has 1 saturated heterocycles. The van der Waals surface area contributed by atoms with Gasteiger partial charge < -0.3 is 9.80 Å². The molecular weight excluding hydrogens is 544 g/mol. The lowest BCUT2D eigenvalue weighted by molar-refractivity contribution is -0.133. The maximum Gasteiger partial charge on any atom is 0.245 e. The van der Waals surface area contributed by atoms with E-state index >= 15 is 0 Å². The second-order valence-corrected chi connectivity index (χ2v) is 12.4. The minimum Gasteiger partial charge on any atom is -0.327 e. The molecule has 1 amide bonds. The van der Waals surface area contributed by atoms with Gasteiger partial charge in [-0.3, -0.25) is 29.0 Å². The molecule has 1 aliphatic carbocycles. The summed E-state index contributed by atoms with van der Waals surface area (Å²) in [7, 11) is 4.03. The minimum atomic E-state index is -0.589. The molecule has 1 aliphatic heterocycles. The van der Waals surface area contributed by atoms with Gasteiger partial charge in [0.25, 0.3) is 0 Å². The number of aryl methyl sites for hydroxylation is 2. The van der Waals surface area contributed by atoms with Gasteiger partial charge in [-0.15, -0.1) is 0 Å². The van der Waals surface area contributed by atoms with Crippen LogP contribution in [0.4, 0.5) is 0 Å². The van der Waals surface area contributed by atoms with Crippen molar-refractivity contribution in [3.8, 4) is 11.3 Å². The summed E-state index contributed by atoms with van der Waals surface area (Å²) in [5.74, 6) is 0.0991. The van der Waals surface area contributed by atoms with Crippen LogP contribution in [0.25, 0.3) is 22.2 Å². The number of carbonyl (C=O) groups excluding carboxylic acids is 3. The number of nitrogens with zero attached hydrogens (tertiary/aromatic N) is 8. The number of hydrogen-bond acceptors (Lipinski definition) is 9.